The Labute approximate surface area is 180 Å². The molecular formula is C17H13F15O2. The summed E-state index contributed by atoms with van der Waals surface area (Å²) < 4.78 is 203. The summed E-state index contributed by atoms with van der Waals surface area (Å²) in [6.45, 7) is 0.293. The highest BCUT2D eigenvalue weighted by molar-refractivity contribution is 5.31. The Bertz CT molecular complexity index is 857. The maximum absolute atomic E-state index is 14.1. The van der Waals surface area contributed by atoms with Crippen LogP contribution < -0.4 is 4.74 Å². The van der Waals surface area contributed by atoms with Gasteiger partial charge in [0, 0.05) is 0 Å². The second-order valence-electron chi connectivity index (χ2n) is 7.25. The molecule has 0 bridgehead atoms. The van der Waals surface area contributed by atoms with Crippen LogP contribution in [0.1, 0.15) is 18.9 Å². The standard InChI is InChI=1S/C17H13F15O2/c1-10(33,8-3-5-9(34-2)6-4-8)7-11(18,19)12(20,21)13(22,23)14(24,25)15(26,27)16(28,29)17(30,31)32/h3-6,33H,7H2,1-2H3. The minimum absolute atomic E-state index is 0.00985. The summed E-state index contributed by atoms with van der Waals surface area (Å²) in [7, 11) is 1.11. The number of ether oxygens (including phenoxy) is 1. The number of hydrogen-bond acceptors (Lipinski definition) is 2. The maximum Gasteiger partial charge on any atom is 0.460 e. The van der Waals surface area contributed by atoms with Crippen LogP contribution in [0, 0.1) is 0 Å². The SMILES string of the molecule is COc1ccc(C(C)(O)CC(F)(F)C(F)(F)C(F)(F)C(F)(F)C(F)(F)C(F)(F)C(F)(F)F)cc1. The number of methoxy groups -OCH3 is 1. The predicted octanol–water partition coefficient (Wildman–Crippen LogP) is 6.67. The fourth-order valence-corrected chi connectivity index (χ4v) is 2.59. The first-order valence-electron chi connectivity index (χ1n) is 8.45. The van der Waals surface area contributed by atoms with Gasteiger partial charge in [0.25, 0.3) is 0 Å². The van der Waals surface area contributed by atoms with Crippen LogP contribution >= 0.6 is 0 Å². The molecule has 0 spiro atoms. The van der Waals surface area contributed by atoms with Crippen LogP contribution in [0.4, 0.5) is 65.9 Å². The third-order valence-electron chi connectivity index (χ3n) is 4.67. The molecule has 0 aliphatic carbocycles. The summed E-state index contributed by atoms with van der Waals surface area (Å²) in [4.78, 5) is 0. The van der Waals surface area contributed by atoms with Crippen LogP contribution in [0.5, 0.6) is 5.75 Å². The van der Waals surface area contributed by atoms with Gasteiger partial charge in [-0.1, -0.05) is 12.1 Å². The summed E-state index contributed by atoms with van der Waals surface area (Å²) >= 11 is 0. The molecule has 0 radical (unpaired) electrons. The minimum Gasteiger partial charge on any atom is -0.497 e. The summed E-state index contributed by atoms with van der Waals surface area (Å²) in [6, 6.07) is 3.36. The van der Waals surface area contributed by atoms with Gasteiger partial charge < -0.3 is 9.84 Å². The van der Waals surface area contributed by atoms with Crippen molar-refractivity contribution in [2.45, 2.75) is 60.7 Å². The molecule has 0 fully saturated rings. The number of aliphatic hydroxyl groups is 1. The molecule has 0 heterocycles. The molecule has 198 valence electrons. The molecule has 17 heteroatoms. The zero-order valence-electron chi connectivity index (χ0n) is 16.5. The molecule has 0 saturated carbocycles. The van der Waals surface area contributed by atoms with Crippen molar-refractivity contribution >= 4 is 0 Å². The second kappa shape index (κ2) is 8.26. The van der Waals surface area contributed by atoms with E-state index in [1.807, 2.05) is 0 Å². The largest absolute Gasteiger partial charge is 0.497 e. The van der Waals surface area contributed by atoms with Crippen molar-refractivity contribution in [3.05, 3.63) is 29.8 Å². The van der Waals surface area contributed by atoms with Gasteiger partial charge in [-0.05, 0) is 24.6 Å². The van der Waals surface area contributed by atoms with E-state index >= 15 is 0 Å². The molecule has 0 aliphatic heterocycles. The predicted molar refractivity (Wildman–Crippen MR) is 82.9 cm³/mol. The highest BCUT2D eigenvalue weighted by Gasteiger charge is 2.93. The van der Waals surface area contributed by atoms with E-state index in [1.54, 1.807) is 0 Å². The van der Waals surface area contributed by atoms with Crippen LogP contribution in [0.15, 0.2) is 24.3 Å². The lowest BCUT2D eigenvalue weighted by molar-refractivity contribution is -0.453. The monoisotopic (exact) mass is 534 g/mol. The van der Waals surface area contributed by atoms with E-state index in [2.05, 4.69) is 4.74 Å². The summed E-state index contributed by atoms with van der Waals surface area (Å²) in [6.07, 6.45) is -10.5. The van der Waals surface area contributed by atoms with Crippen molar-refractivity contribution in [1.29, 1.82) is 0 Å². The number of hydrogen-bond donors (Lipinski definition) is 1. The summed E-state index contributed by atoms with van der Waals surface area (Å²) in [5.74, 6) is -47.1. The van der Waals surface area contributed by atoms with Crippen LogP contribution in [-0.4, -0.2) is 53.9 Å². The zero-order valence-corrected chi connectivity index (χ0v) is 16.5. The van der Waals surface area contributed by atoms with Gasteiger partial charge in [-0.3, -0.25) is 0 Å². The van der Waals surface area contributed by atoms with Gasteiger partial charge in [-0.15, -0.1) is 0 Å². The fraction of sp³-hybridized carbons (Fsp3) is 0.647. The molecule has 1 atom stereocenters. The topological polar surface area (TPSA) is 29.5 Å². The summed E-state index contributed by atoms with van der Waals surface area (Å²) in [5, 5.41) is 10.0. The molecule has 1 N–H and O–H groups in total. The average molecular weight is 534 g/mol. The first kappa shape index (κ1) is 30.0. The van der Waals surface area contributed by atoms with Crippen molar-refractivity contribution < 1.29 is 75.7 Å². The molecule has 34 heavy (non-hydrogen) atoms. The van der Waals surface area contributed by atoms with Crippen LogP contribution in [-0.2, 0) is 5.60 Å². The van der Waals surface area contributed by atoms with Gasteiger partial charge in [0.2, 0.25) is 0 Å². The number of alkyl halides is 15. The molecule has 1 rings (SSSR count). The molecule has 0 aromatic heterocycles. The van der Waals surface area contributed by atoms with E-state index < -0.39 is 59.3 Å². The Morgan fingerprint density at radius 3 is 1.32 bits per heavy atom. The van der Waals surface area contributed by atoms with Gasteiger partial charge in [0.05, 0.1) is 19.1 Å². The van der Waals surface area contributed by atoms with E-state index in [1.165, 1.54) is 0 Å². The van der Waals surface area contributed by atoms with E-state index in [0.29, 0.717) is 6.92 Å². The lowest BCUT2D eigenvalue weighted by Crippen LogP contribution is -2.72. The lowest BCUT2D eigenvalue weighted by atomic mass is 9.84. The van der Waals surface area contributed by atoms with Gasteiger partial charge in [-0.25, -0.2) is 0 Å². The quantitative estimate of drug-likeness (QED) is 0.359. The molecule has 0 saturated heterocycles. The Morgan fingerprint density at radius 1 is 0.618 bits per heavy atom. The Kier molecular flexibility index (Phi) is 7.28. The molecule has 0 aliphatic rings. The maximum atomic E-state index is 14.1. The zero-order chi connectivity index (χ0) is 27.4. The molecular weight excluding hydrogens is 521 g/mol. The second-order valence-corrected chi connectivity index (χ2v) is 7.25. The molecule has 1 aromatic carbocycles. The van der Waals surface area contributed by atoms with E-state index in [-0.39, 0.29) is 5.75 Å². The Hall–Kier alpha value is -2.07. The van der Waals surface area contributed by atoms with Crippen molar-refractivity contribution in [2.75, 3.05) is 7.11 Å². The first-order valence-corrected chi connectivity index (χ1v) is 8.45. The van der Waals surface area contributed by atoms with Crippen molar-refractivity contribution in [3.63, 3.8) is 0 Å². The number of rotatable bonds is 9. The third-order valence-corrected chi connectivity index (χ3v) is 4.67. The lowest BCUT2D eigenvalue weighted by Gasteiger charge is -2.42. The third kappa shape index (κ3) is 4.34. The fourth-order valence-electron chi connectivity index (χ4n) is 2.59. The average Bonchev–Trinajstić information content (AvgIpc) is 2.65. The molecule has 1 unspecified atom stereocenters. The number of halogens is 15. The molecule has 1 aromatic rings. The molecule has 2 nitrogen and oxygen atoms in total. The van der Waals surface area contributed by atoms with Crippen LogP contribution in [0.2, 0.25) is 0 Å². The van der Waals surface area contributed by atoms with Gasteiger partial charge in [-0.2, -0.15) is 65.9 Å². The van der Waals surface area contributed by atoms with Crippen LogP contribution in [0.3, 0.4) is 0 Å². The van der Waals surface area contributed by atoms with E-state index in [9.17, 15) is 71.0 Å². The normalized spacial score (nSPS) is 16.9. The number of benzene rings is 1. The highest BCUT2D eigenvalue weighted by Crippen LogP contribution is 2.63. The smallest absolute Gasteiger partial charge is 0.460 e. The van der Waals surface area contributed by atoms with Gasteiger partial charge in [0.1, 0.15) is 5.75 Å². The summed E-state index contributed by atoms with van der Waals surface area (Å²) in [5.41, 5.74) is -3.99. The van der Waals surface area contributed by atoms with Crippen LogP contribution in [0.25, 0.3) is 0 Å². The van der Waals surface area contributed by atoms with Crippen molar-refractivity contribution in [2.24, 2.45) is 0 Å². The van der Waals surface area contributed by atoms with E-state index in [0.717, 1.165) is 31.4 Å². The Balaban J connectivity index is 3.50. The Morgan fingerprint density at radius 2 is 0.971 bits per heavy atom. The first-order chi connectivity index (χ1) is 14.7. The van der Waals surface area contributed by atoms with Crippen molar-refractivity contribution in [1.82, 2.24) is 0 Å². The molecule has 0 amide bonds. The highest BCUT2D eigenvalue weighted by atomic mass is 19.4. The van der Waals surface area contributed by atoms with Gasteiger partial charge >= 0.3 is 41.7 Å². The minimum atomic E-state index is -8.36. The van der Waals surface area contributed by atoms with E-state index in [4.69, 9.17) is 0 Å². The van der Waals surface area contributed by atoms with Crippen molar-refractivity contribution in [3.8, 4) is 5.75 Å². The van der Waals surface area contributed by atoms with Gasteiger partial charge in [0.15, 0.2) is 0 Å².